The zero-order valence-corrected chi connectivity index (χ0v) is 16.6. The Labute approximate surface area is 168 Å². The lowest BCUT2D eigenvalue weighted by Crippen LogP contribution is -2.37. The van der Waals surface area contributed by atoms with Gasteiger partial charge < -0.3 is 19.4 Å². The van der Waals surface area contributed by atoms with Crippen LogP contribution in [-0.4, -0.2) is 64.8 Å². The Morgan fingerprint density at radius 1 is 1.21 bits per heavy atom. The molecule has 5 rings (SSSR count). The topological polar surface area (TPSA) is 81.1 Å². The lowest BCUT2D eigenvalue weighted by Gasteiger charge is -2.27. The van der Waals surface area contributed by atoms with Crippen molar-refractivity contribution in [1.82, 2.24) is 24.7 Å². The third-order valence-corrected chi connectivity index (χ3v) is 5.39. The van der Waals surface area contributed by atoms with Crippen LogP contribution in [0, 0.1) is 0 Å². The zero-order chi connectivity index (χ0) is 19.8. The van der Waals surface area contributed by atoms with Crippen LogP contribution < -0.4 is 4.90 Å². The molecule has 4 aromatic rings. The normalized spacial score (nSPS) is 16.0. The van der Waals surface area contributed by atoms with Gasteiger partial charge in [0.2, 0.25) is 5.95 Å². The summed E-state index contributed by atoms with van der Waals surface area (Å²) in [5.74, 6) is 0.716. The second-order valence-electron chi connectivity index (χ2n) is 7.38. The Kier molecular flexibility index (Phi) is 4.65. The number of aromatic amines is 1. The van der Waals surface area contributed by atoms with Crippen molar-refractivity contribution in [1.29, 1.82) is 0 Å². The van der Waals surface area contributed by atoms with Gasteiger partial charge in [-0.2, -0.15) is 10.1 Å². The molecule has 0 aliphatic carbocycles. The van der Waals surface area contributed by atoms with E-state index in [1.54, 1.807) is 7.11 Å². The number of H-pyrrole nitrogens is 1. The average molecular weight is 392 g/mol. The van der Waals surface area contributed by atoms with Crippen LogP contribution in [0.25, 0.3) is 33.2 Å². The summed E-state index contributed by atoms with van der Waals surface area (Å²) in [6, 6.07) is 8.50. The van der Waals surface area contributed by atoms with Gasteiger partial charge >= 0.3 is 0 Å². The van der Waals surface area contributed by atoms with Crippen LogP contribution in [0.15, 0.2) is 36.7 Å². The van der Waals surface area contributed by atoms with Gasteiger partial charge in [0.25, 0.3) is 0 Å². The zero-order valence-electron chi connectivity index (χ0n) is 16.6. The summed E-state index contributed by atoms with van der Waals surface area (Å²) in [4.78, 5) is 15.3. The van der Waals surface area contributed by atoms with E-state index in [4.69, 9.17) is 19.4 Å². The molecule has 3 aromatic heterocycles. The molecule has 1 aromatic carbocycles. The minimum absolute atomic E-state index is 0.0728. The Balaban J connectivity index is 1.70. The van der Waals surface area contributed by atoms with E-state index < -0.39 is 0 Å². The molecule has 1 unspecified atom stereocenters. The first-order valence-electron chi connectivity index (χ1n) is 9.89. The highest BCUT2D eigenvalue weighted by Crippen LogP contribution is 2.31. The van der Waals surface area contributed by atoms with Crippen molar-refractivity contribution in [3.63, 3.8) is 0 Å². The fourth-order valence-corrected chi connectivity index (χ4v) is 3.87. The molecule has 0 saturated carbocycles. The highest BCUT2D eigenvalue weighted by molar-refractivity contribution is 5.94. The highest BCUT2D eigenvalue weighted by Gasteiger charge is 2.21. The van der Waals surface area contributed by atoms with Crippen molar-refractivity contribution in [3.05, 3.63) is 36.7 Å². The predicted octanol–water partition coefficient (Wildman–Crippen LogP) is 3.02. The third kappa shape index (κ3) is 3.24. The summed E-state index contributed by atoms with van der Waals surface area (Å²) >= 11 is 0. The minimum Gasteiger partial charge on any atom is -0.382 e. The number of hydrogen-bond acceptors (Lipinski definition) is 6. The summed E-state index contributed by atoms with van der Waals surface area (Å²) in [7, 11) is 1.70. The molecule has 1 fully saturated rings. The summed E-state index contributed by atoms with van der Waals surface area (Å²) in [6.07, 6.45) is 3.81. The van der Waals surface area contributed by atoms with Crippen LogP contribution in [0.5, 0.6) is 0 Å². The van der Waals surface area contributed by atoms with E-state index in [0.717, 1.165) is 40.9 Å². The van der Waals surface area contributed by atoms with E-state index in [0.29, 0.717) is 25.8 Å². The van der Waals surface area contributed by atoms with Crippen molar-refractivity contribution < 1.29 is 9.47 Å². The summed E-state index contributed by atoms with van der Waals surface area (Å²) in [5.41, 5.74) is 3.85. The van der Waals surface area contributed by atoms with Crippen molar-refractivity contribution in [2.24, 2.45) is 0 Å². The lowest BCUT2D eigenvalue weighted by molar-refractivity contribution is 0.122. The average Bonchev–Trinajstić information content (AvgIpc) is 3.40. The molecule has 1 atom stereocenters. The summed E-state index contributed by atoms with van der Waals surface area (Å²) in [6.45, 7) is 5.58. The molecule has 1 aliphatic rings. The number of fused-ring (bicyclic) bond motifs is 2. The SMILES string of the molecule is COCC(C)n1ncc2c(-c3ccc4cc[nH]c4c3)nc(N3CCOCC3)nc21. The number of rotatable bonds is 5. The maximum absolute atomic E-state index is 5.51. The van der Waals surface area contributed by atoms with Crippen LogP contribution in [0.2, 0.25) is 0 Å². The fraction of sp³-hybridized carbons (Fsp3) is 0.381. The van der Waals surface area contributed by atoms with Crippen molar-refractivity contribution >= 4 is 27.9 Å². The van der Waals surface area contributed by atoms with E-state index in [9.17, 15) is 0 Å². The van der Waals surface area contributed by atoms with Gasteiger partial charge in [-0.15, -0.1) is 0 Å². The monoisotopic (exact) mass is 392 g/mol. The van der Waals surface area contributed by atoms with Crippen LogP contribution >= 0.6 is 0 Å². The van der Waals surface area contributed by atoms with E-state index in [1.165, 1.54) is 5.39 Å². The Bertz CT molecular complexity index is 1140. The number of benzene rings is 1. The molecule has 8 heteroatoms. The van der Waals surface area contributed by atoms with E-state index >= 15 is 0 Å². The Morgan fingerprint density at radius 3 is 2.90 bits per heavy atom. The van der Waals surface area contributed by atoms with E-state index in [2.05, 4.69) is 46.2 Å². The van der Waals surface area contributed by atoms with Gasteiger partial charge in [0.1, 0.15) is 0 Å². The molecule has 0 spiro atoms. The van der Waals surface area contributed by atoms with Gasteiger partial charge in [0.15, 0.2) is 5.65 Å². The molecule has 1 saturated heterocycles. The number of nitrogens with one attached hydrogen (secondary N) is 1. The predicted molar refractivity (Wildman–Crippen MR) is 112 cm³/mol. The number of ether oxygens (including phenoxy) is 2. The smallest absolute Gasteiger partial charge is 0.228 e. The first-order valence-corrected chi connectivity index (χ1v) is 9.89. The Morgan fingerprint density at radius 2 is 2.07 bits per heavy atom. The number of morpholine rings is 1. The van der Waals surface area contributed by atoms with Gasteiger partial charge in [-0.3, -0.25) is 0 Å². The first-order chi connectivity index (χ1) is 14.2. The number of nitrogens with zero attached hydrogens (tertiary/aromatic N) is 5. The largest absolute Gasteiger partial charge is 0.382 e. The van der Waals surface area contributed by atoms with Crippen molar-refractivity contribution in [2.75, 3.05) is 44.9 Å². The molecular formula is C21H24N6O2. The van der Waals surface area contributed by atoms with Crippen LogP contribution in [0.3, 0.4) is 0 Å². The summed E-state index contributed by atoms with van der Waals surface area (Å²) < 4.78 is 12.8. The molecule has 4 heterocycles. The van der Waals surface area contributed by atoms with Gasteiger partial charge in [-0.1, -0.05) is 12.1 Å². The van der Waals surface area contributed by atoms with Crippen LogP contribution in [-0.2, 0) is 9.47 Å². The standard InChI is InChI=1S/C21H24N6O2/c1-14(13-28-2)27-20-17(12-23-27)19(16-4-3-15-5-6-22-18(15)11-16)24-21(25-20)26-7-9-29-10-8-26/h3-6,11-12,14,22H,7-10,13H2,1-2H3. The van der Waals surface area contributed by atoms with Gasteiger partial charge in [0, 0.05) is 37.5 Å². The number of anilines is 1. The Hall–Kier alpha value is -2.97. The second kappa shape index (κ2) is 7.46. The minimum atomic E-state index is 0.0728. The lowest BCUT2D eigenvalue weighted by atomic mass is 10.1. The fourth-order valence-electron chi connectivity index (χ4n) is 3.87. The highest BCUT2D eigenvalue weighted by atomic mass is 16.5. The maximum Gasteiger partial charge on any atom is 0.228 e. The molecule has 0 amide bonds. The van der Waals surface area contributed by atoms with Crippen LogP contribution in [0.4, 0.5) is 5.95 Å². The summed E-state index contributed by atoms with van der Waals surface area (Å²) in [5, 5.41) is 6.74. The van der Waals surface area contributed by atoms with Gasteiger partial charge in [-0.05, 0) is 24.4 Å². The van der Waals surface area contributed by atoms with Crippen LogP contribution in [0.1, 0.15) is 13.0 Å². The molecule has 1 N–H and O–H groups in total. The molecule has 0 bridgehead atoms. The first kappa shape index (κ1) is 18.1. The maximum atomic E-state index is 5.51. The molecule has 0 radical (unpaired) electrons. The van der Waals surface area contributed by atoms with Crippen molar-refractivity contribution in [2.45, 2.75) is 13.0 Å². The van der Waals surface area contributed by atoms with Gasteiger partial charge in [-0.25, -0.2) is 9.67 Å². The quantitative estimate of drug-likeness (QED) is 0.562. The van der Waals surface area contributed by atoms with Gasteiger partial charge in [0.05, 0.1) is 43.1 Å². The number of aromatic nitrogens is 5. The molecule has 29 heavy (non-hydrogen) atoms. The van der Waals surface area contributed by atoms with E-state index in [-0.39, 0.29) is 6.04 Å². The molecule has 8 nitrogen and oxygen atoms in total. The second-order valence-corrected chi connectivity index (χ2v) is 7.38. The number of hydrogen-bond donors (Lipinski definition) is 1. The molecule has 1 aliphatic heterocycles. The van der Waals surface area contributed by atoms with E-state index in [1.807, 2.05) is 17.1 Å². The van der Waals surface area contributed by atoms with Crippen molar-refractivity contribution in [3.8, 4) is 11.3 Å². The molecule has 150 valence electrons. The number of methoxy groups -OCH3 is 1. The third-order valence-electron chi connectivity index (χ3n) is 5.39. The molecular weight excluding hydrogens is 368 g/mol.